The molecule has 1 fully saturated rings. The predicted molar refractivity (Wildman–Crippen MR) is 66.5 cm³/mol. The number of aliphatic hydroxyl groups excluding tert-OH is 1. The van der Waals surface area contributed by atoms with Crippen molar-refractivity contribution in [2.45, 2.75) is 46.1 Å². The number of hydrogen-bond acceptors (Lipinski definition) is 3. The standard InChI is InChI=1S/C13H27NO2/c1-11(2)8-12(3)14-9-13(4-6-15)5-7-16-10-13/h11-12,14-15H,4-10H2,1-3H3. The van der Waals surface area contributed by atoms with Crippen molar-refractivity contribution >= 4 is 0 Å². The minimum atomic E-state index is 0.181. The van der Waals surface area contributed by atoms with Crippen LogP contribution in [0.2, 0.25) is 0 Å². The fourth-order valence-corrected chi connectivity index (χ4v) is 2.49. The van der Waals surface area contributed by atoms with Crippen LogP contribution in [-0.4, -0.2) is 37.5 Å². The molecule has 0 bridgehead atoms. The Balaban J connectivity index is 2.32. The van der Waals surface area contributed by atoms with E-state index in [0.717, 1.165) is 38.5 Å². The van der Waals surface area contributed by atoms with E-state index in [1.165, 1.54) is 6.42 Å². The van der Waals surface area contributed by atoms with Crippen LogP contribution in [0.5, 0.6) is 0 Å². The molecule has 2 atom stereocenters. The van der Waals surface area contributed by atoms with Crippen LogP contribution in [0.4, 0.5) is 0 Å². The van der Waals surface area contributed by atoms with Crippen molar-refractivity contribution in [3.8, 4) is 0 Å². The summed E-state index contributed by atoms with van der Waals surface area (Å²) in [5.74, 6) is 0.733. The molecule has 0 aliphatic carbocycles. The van der Waals surface area contributed by atoms with Crippen molar-refractivity contribution in [1.29, 1.82) is 0 Å². The Morgan fingerprint density at radius 1 is 1.38 bits per heavy atom. The summed E-state index contributed by atoms with van der Waals surface area (Å²) >= 11 is 0. The lowest BCUT2D eigenvalue weighted by Gasteiger charge is -2.29. The molecule has 2 unspecified atom stereocenters. The molecule has 1 heterocycles. The van der Waals surface area contributed by atoms with Gasteiger partial charge >= 0.3 is 0 Å². The molecular formula is C13H27NO2. The van der Waals surface area contributed by atoms with Gasteiger partial charge in [-0.1, -0.05) is 13.8 Å². The minimum absolute atomic E-state index is 0.181. The second kappa shape index (κ2) is 6.58. The molecule has 0 radical (unpaired) electrons. The maximum atomic E-state index is 9.12. The molecule has 16 heavy (non-hydrogen) atoms. The lowest BCUT2D eigenvalue weighted by molar-refractivity contribution is 0.121. The first kappa shape index (κ1) is 13.9. The number of aliphatic hydroxyl groups is 1. The number of ether oxygens (including phenoxy) is 1. The fourth-order valence-electron chi connectivity index (χ4n) is 2.49. The summed E-state index contributed by atoms with van der Waals surface area (Å²) in [6.07, 6.45) is 3.14. The first-order valence-electron chi connectivity index (χ1n) is 6.50. The average Bonchev–Trinajstić information content (AvgIpc) is 2.64. The largest absolute Gasteiger partial charge is 0.396 e. The molecule has 0 spiro atoms. The molecule has 0 amide bonds. The highest BCUT2D eigenvalue weighted by molar-refractivity contribution is 4.86. The summed E-state index contributed by atoms with van der Waals surface area (Å²) in [5.41, 5.74) is 0.181. The van der Waals surface area contributed by atoms with Crippen molar-refractivity contribution in [3.05, 3.63) is 0 Å². The number of nitrogens with one attached hydrogen (secondary N) is 1. The molecule has 0 aromatic rings. The molecule has 1 aliphatic heterocycles. The number of hydrogen-bond donors (Lipinski definition) is 2. The van der Waals surface area contributed by atoms with Gasteiger partial charge in [0.1, 0.15) is 0 Å². The second-order valence-electron chi connectivity index (χ2n) is 5.69. The van der Waals surface area contributed by atoms with Gasteiger partial charge in [0.2, 0.25) is 0 Å². The highest BCUT2D eigenvalue weighted by Gasteiger charge is 2.34. The highest BCUT2D eigenvalue weighted by Crippen LogP contribution is 2.31. The Kier molecular flexibility index (Phi) is 5.73. The molecule has 0 saturated carbocycles. The van der Waals surface area contributed by atoms with E-state index in [0.29, 0.717) is 6.04 Å². The second-order valence-corrected chi connectivity index (χ2v) is 5.69. The first-order valence-corrected chi connectivity index (χ1v) is 6.50. The molecule has 96 valence electrons. The van der Waals surface area contributed by atoms with E-state index in [2.05, 4.69) is 26.1 Å². The zero-order valence-corrected chi connectivity index (χ0v) is 11.0. The van der Waals surface area contributed by atoms with E-state index < -0.39 is 0 Å². The van der Waals surface area contributed by atoms with Gasteiger partial charge < -0.3 is 15.2 Å². The van der Waals surface area contributed by atoms with Crippen LogP contribution in [0.25, 0.3) is 0 Å². The van der Waals surface area contributed by atoms with Gasteiger partial charge in [-0.05, 0) is 32.1 Å². The minimum Gasteiger partial charge on any atom is -0.396 e. The van der Waals surface area contributed by atoms with E-state index in [-0.39, 0.29) is 12.0 Å². The monoisotopic (exact) mass is 229 g/mol. The van der Waals surface area contributed by atoms with Gasteiger partial charge in [0.05, 0.1) is 6.61 Å². The third-order valence-electron chi connectivity index (χ3n) is 3.48. The Bertz CT molecular complexity index is 188. The molecule has 3 heteroatoms. The summed E-state index contributed by atoms with van der Waals surface area (Å²) in [5, 5.41) is 12.7. The maximum absolute atomic E-state index is 9.12. The van der Waals surface area contributed by atoms with Gasteiger partial charge in [-0.15, -0.1) is 0 Å². The lowest BCUT2D eigenvalue weighted by Crippen LogP contribution is -2.40. The van der Waals surface area contributed by atoms with Crippen molar-refractivity contribution < 1.29 is 9.84 Å². The van der Waals surface area contributed by atoms with E-state index in [1.54, 1.807) is 0 Å². The van der Waals surface area contributed by atoms with Gasteiger partial charge in [-0.2, -0.15) is 0 Å². The average molecular weight is 229 g/mol. The first-order chi connectivity index (χ1) is 7.58. The molecule has 1 saturated heterocycles. The zero-order chi connectivity index (χ0) is 12.0. The van der Waals surface area contributed by atoms with Crippen LogP contribution in [0.3, 0.4) is 0 Å². The molecular weight excluding hydrogens is 202 g/mol. The van der Waals surface area contributed by atoms with Gasteiger partial charge in [-0.3, -0.25) is 0 Å². The molecule has 2 N–H and O–H groups in total. The van der Waals surface area contributed by atoms with Gasteiger partial charge in [0.25, 0.3) is 0 Å². The predicted octanol–water partition coefficient (Wildman–Crippen LogP) is 1.80. The molecule has 3 nitrogen and oxygen atoms in total. The summed E-state index contributed by atoms with van der Waals surface area (Å²) in [4.78, 5) is 0. The van der Waals surface area contributed by atoms with Crippen LogP contribution in [0.15, 0.2) is 0 Å². The van der Waals surface area contributed by atoms with Crippen molar-refractivity contribution in [1.82, 2.24) is 5.32 Å². The summed E-state index contributed by atoms with van der Waals surface area (Å²) in [6.45, 7) is 9.63. The van der Waals surface area contributed by atoms with Crippen LogP contribution in [-0.2, 0) is 4.74 Å². The van der Waals surface area contributed by atoms with Crippen LogP contribution in [0.1, 0.15) is 40.0 Å². The molecule has 0 aromatic carbocycles. The number of rotatable bonds is 7. The van der Waals surface area contributed by atoms with E-state index in [1.807, 2.05) is 0 Å². The summed E-state index contributed by atoms with van der Waals surface area (Å²) in [6, 6.07) is 0.552. The SMILES string of the molecule is CC(C)CC(C)NCC1(CCO)CCOC1. The normalized spacial score (nSPS) is 27.6. The Hall–Kier alpha value is -0.120. The quantitative estimate of drug-likeness (QED) is 0.699. The Labute approximate surface area is 99.6 Å². The third kappa shape index (κ3) is 4.40. The molecule has 1 rings (SSSR count). The Morgan fingerprint density at radius 3 is 2.62 bits per heavy atom. The summed E-state index contributed by atoms with van der Waals surface area (Å²) < 4.78 is 5.48. The fraction of sp³-hybridized carbons (Fsp3) is 1.00. The summed E-state index contributed by atoms with van der Waals surface area (Å²) in [7, 11) is 0. The lowest BCUT2D eigenvalue weighted by atomic mass is 9.83. The van der Waals surface area contributed by atoms with Crippen molar-refractivity contribution in [2.75, 3.05) is 26.4 Å². The van der Waals surface area contributed by atoms with Crippen LogP contribution < -0.4 is 5.32 Å². The topological polar surface area (TPSA) is 41.5 Å². The maximum Gasteiger partial charge on any atom is 0.0536 e. The van der Waals surface area contributed by atoms with Crippen LogP contribution >= 0.6 is 0 Å². The Morgan fingerprint density at radius 2 is 2.12 bits per heavy atom. The van der Waals surface area contributed by atoms with Gasteiger partial charge in [-0.25, -0.2) is 0 Å². The smallest absolute Gasteiger partial charge is 0.0536 e. The van der Waals surface area contributed by atoms with Crippen LogP contribution in [0, 0.1) is 11.3 Å². The van der Waals surface area contributed by atoms with E-state index in [9.17, 15) is 0 Å². The van der Waals surface area contributed by atoms with Crippen molar-refractivity contribution in [3.63, 3.8) is 0 Å². The zero-order valence-electron chi connectivity index (χ0n) is 11.0. The molecule has 0 aromatic heterocycles. The molecule has 1 aliphatic rings. The van der Waals surface area contributed by atoms with E-state index >= 15 is 0 Å². The highest BCUT2D eigenvalue weighted by atomic mass is 16.5. The van der Waals surface area contributed by atoms with E-state index in [4.69, 9.17) is 9.84 Å². The van der Waals surface area contributed by atoms with Crippen molar-refractivity contribution in [2.24, 2.45) is 11.3 Å². The van der Waals surface area contributed by atoms with Gasteiger partial charge in [0, 0.05) is 31.2 Å². The van der Waals surface area contributed by atoms with Gasteiger partial charge in [0.15, 0.2) is 0 Å². The third-order valence-corrected chi connectivity index (χ3v) is 3.48.